The molecule has 2 N–H and O–H groups in total. The number of rotatable bonds is 2. The van der Waals surface area contributed by atoms with Gasteiger partial charge in [-0.1, -0.05) is 40.2 Å². The van der Waals surface area contributed by atoms with Crippen molar-refractivity contribution in [2.24, 2.45) is 0 Å². The average Bonchev–Trinajstić information content (AvgIpc) is 2.39. The highest BCUT2D eigenvalue weighted by molar-refractivity contribution is 9.10. The summed E-state index contributed by atoms with van der Waals surface area (Å²) in [5, 5.41) is 4.84. The summed E-state index contributed by atoms with van der Waals surface area (Å²) >= 11 is 3.27. The van der Waals surface area contributed by atoms with Gasteiger partial charge in [0.05, 0.1) is 0 Å². The van der Waals surface area contributed by atoms with Crippen LogP contribution in [0.5, 0.6) is 0 Å². The van der Waals surface area contributed by atoms with E-state index in [1.807, 2.05) is 6.07 Å². The lowest BCUT2D eigenvalue weighted by Crippen LogP contribution is -2.34. The highest BCUT2D eigenvalue weighted by Gasteiger charge is 2.10. The molecule has 0 unspecified atom stereocenters. The molecule has 2 aromatic rings. The van der Waals surface area contributed by atoms with Crippen molar-refractivity contribution in [3.63, 3.8) is 0 Å². The zero-order chi connectivity index (χ0) is 13.7. The van der Waals surface area contributed by atoms with Crippen LogP contribution < -0.4 is 10.6 Å². The van der Waals surface area contributed by atoms with Crippen molar-refractivity contribution in [3.8, 4) is 0 Å². The van der Waals surface area contributed by atoms with Crippen LogP contribution in [-0.2, 0) is 0 Å². The summed E-state index contributed by atoms with van der Waals surface area (Å²) in [6.45, 7) is 0. The third-order valence-corrected chi connectivity index (χ3v) is 2.84. The van der Waals surface area contributed by atoms with Crippen LogP contribution in [0, 0.1) is 0 Å². The number of amides is 3. The molecule has 0 fully saturated rings. The third-order valence-electron chi connectivity index (χ3n) is 2.35. The van der Waals surface area contributed by atoms with Crippen LogP contribution in [0.4, 0.5) is 10.5 Å². The maximum Gasteiger partial charge on any atom is 0.326 e. The predicted octanol–water partition coefficient (Wildman–Crippen LogP) is 3.41. The average molecular weight is 319 g/mol. The number of carbonyl (C=O) groups excluding carboxylic acids is 2. The van der Waals surface area contributed by atoms with Gasteiger partial charge < -0.3 is 5.32 Å². The molecular weight excluding hydrogens is 308 g/mol. The zero-order valence-electron chi connectivity index (χ0n) is 9.89. The first-order valence-electron chi connectivity index (χ1n) is 5.58. The summed E-state index contributed by atoms with van der Waals surface area (Å²) in [6, 6.07) is 15.2. The Balaban J connectivity index is 1.98. The minimum atomic E-state index is -0.559. The molecule has 0 aromatic heterocycles. The summed E-state index contributed by atoms with van der Waals surface area (Å²) in [6.07, 6.45) is 0. The first-order valence-corrected chi connectivity index (χ1v) is 6.37. The van der Waals surface area contributed by atoms with E-state index in [1.165, 1.54) is 0 Å². The van der Waals surface area contributed by atoms with Gasteiger partial charge in [0.15, 0.2) is 0 Å². The molecule has 0 saturated heterocycles. The fourth-order valence-electron chi connectivity index (χ4n) is 1.49. The quantitative estimate of drug-likeness (QED) is 0.891. The van der Waals surface area contributed by atoms with Crippen LogP contribution in [0.2, 0.25) is 0 Å². The number of hydrogen-bond acceptors (Lipinski definition) is 2. The van der Waals surface area contributed by atoms with Crippen LogP contribution in [0.15, 0.2) is 59.1 Å². The molecule has 5 heteroatoms. The predicted molar refractivity (Wildman–Crippen MR) is 77.1 cm³/mol. The van der Waals surface area contributed by atoms with Crippen molar-refractivity contribution in [1.82, 2.24) is 5.32 Å². The van der Waals surface area contributed by atoms with Gasteiger partial charge in [-0.2, -0.15) is 0 Å². The van der Waals surface area contributed by atoms with E-state index in [4.69, 9.17) is 0 Å². The van der Waals surface area contributed by atoms with Gasteiger partial charge in [-0.25, -0.2) is 4.79 Å². The topological polar surface area (TPSA) is 58.2 Å². The van der Waals surface area contributed by atoms with Gasteiger partial charge in [0.2, 0.25) is 0 Å². The molecule has 2 aromatic carbocycles. The Hall–Kier alpha value is -2.14. The number of nitrogens with one attached hydrogen (secondary N) is 2. The lowest BCUT2D eigenvalue weighted by atomic mass is 10.2. The highest BCUT2D eigenvalue weighted by Crippen LogP contribution is 2.11. The van der Waals surface area contributed by atoms with Gasteiger partial charge in [0.25, 0.3) is 5.91 Å². The van der Waals surface area contributed by atoms with Crippen molar-refractivity contribution in [2.75, 3.05) is 5.32 Å². The fourth-order valence-corrected chi connectivity index (χ4v) is 1.89. The normalized spacial score (nSPS) is 9.74. The van der Waals surface area contributed by atoms with E-state index in [1.54, 1.807) is 48.5 Å². The Morgan fingerprint density at radius 3 is 2.37 bits per heavy atom. The Labute approximate surface area is 119 Å². The second-order valence-electron chi connectivity index (χ2n) is 3.78. The number of urea groups is 1. The minimum Gasteiger partial charge on any atom is -0.308 e. The van der Waals surface area contributed by atoms with Crippen molar-refractivity contribution in [1.29, 1.82) is 0 Å². The first kappa shape index (κ1) is 13.3. The molecule has 0 aliphatic carbocycles. The molecule has 0 saturated carbocycles. The fraction of sp³-hybridized carbons (Fsp3) is 0. The van der Waals surface area contributed by atoms with Crippen LogP contribution in [-0.4, -0.2) is 11.9 Å². The molecule has 0 aliphatic heterocycles. The molecule has 3 amide bonds. The molecule has 0 spiro atoms. The van der Waals surface area contributed by atoms with Gasteiger partial charge in [-0.05, 0) is 30.3 Å². The molecule has 4 nitrogen and oxygen atoms in total. The molecular formula is C14H11BrN2O2. The van der Waals surface area contributed by atoms with Gasteiger partial charge >= 0.3 is 6.03 Å². The summed E-state index contributed by atoms with van der Waals surface area (Å²) < 4.78 is 0.781. The number of hydrogen-bond donors (Lipinski definition) is 2. The SMILES string of the molecule is O=C(NC(=O)c1cccc(Br)c1)Nc1ccccc1. The Morgan fingerprint density at radius 1 is 0.947 bits per heavy atom. The van der Waals surface area contributed by atoms with E-state index in [2.05, 4.69) is 26.6 Å². The van der Waals surface area contributed by atoms with Gasteiger partial charge in [0, 0.05) is 15.7 Å². The second-order valence-corrected chi connectivity index (χ2v) is 4.70. The van der Waals surface area contributed by atoms with Crippen molar-refractivity contribution < 1.29 is 9.59 Å². The van der Waals surface area contributed by atoms with Crippen LogP contribution in [0.3, 0.4) is 0 Å². The number of imide groups is 1. The zero-order valence-corrected chi connectivity index (χ0v) is 11.5. The summed E-state index contributed by atoms with van der Waals surface area (Å²) in [4.78, 5) is 23.4. The minimum absolute atomic E-state index is 0.414. The molecule has 0 atom stereocenters. The van der Waals surface area contributed by atoms with Crippen molar-refractivity contribution in [2.45, 2.75) is 0 Å². The smallest absolute Gasteiger partial charge is 0.308 e. The maximum atomic E-state index is 11.8. The lowest BCUT2D eigenvalue weighted by molar-refractivity contribution is 0.0967. The molecule has 2 rings (SSSR count). The summed E-state index contributed by atoms with van der Waals surface area (Å²) in [5.74, 6) is -0.449. The largest absolute Gasteiger partial charge is 0.326 e. The molecule has 0 radical (unpaired) electrons. The lowest BCUT2D eigenvalue weighted by Gasteiger charge is -2.06. The van der Waals surface area contributed by atoms with Crippen molar-refractivity contribution >= 4 is 33.6 Å². The number of benzene rings is 2. The molecule has 19 heavy (non-hydrogen) atoms. The Bertz CT molecular complexity index is 599. The molecule has 0 aliphatic rings. The standard InChI is InChI=1S/C14H11BrN2O2/c15-11-6-4-5-10(9-11)13(18)17-14(19)16-12-7-2-1-3-8-12/h1-9H,(H2,16,17,18,19). The number of anilines is 1. The Morgan fingerprint density at radius 2 is 1.68 bits per heavy atom. The van der Waals surface area contributed by atoms with Crippen LogP contribution >= 0.6 is 15.9 Å². The van der Waals surface area contributed by atoms with E-state index in [9.17, 15) is 9.59 Å². The monoisotopic (exact) mass is 318 g/mol. The molecule has 0 heterocycles. The second kappa shape index (κ2) is 6.15. The van der Waals surface area contributed by atoms with E-state index < -0.39 is 11.9 Å². The van der Waals surface area contributed by atoms with Crippen molar-refractivity contribution in [3.05, 3.63) is 64.6 Å². The number of para-hydroxylation sites is 1. The summed E-state index contributed by atoms with van der Waals surface area (Å²) in [7, 11) is 0. The Kier molecular flexibility index (Phi) is 4.30. The van der Waals surface area contributed by atoms with Crippen LogP contribution in [0.1, 0.15) is 10.4 Å². The number of halogens is 1. The van der Waals surface area contributed by atoms with E-state index in [-0.39, 0.29) is 0 Å². The number of carbonyl (C=O) groups is 2. The van der Waals surface area contributed by atoms with E-state index in [0.29, 0.717) is 11.3 Å². The van der Waals surface area contributed by atoms with E-state index >= 15 is 0 Å². The van der Waals surface area contributed by atoms with Gasteiger partial charge in [0.1, 0.15) is 0 Å². The van der Waals surface area contributed by atoms with Gasteiger partial charge in [-0.15, -0.1) is 0 Å². The summed E-state index contributed by atoms with van der Waals surface area (Å²) in [5.41, 5.74) is 1.04. The molecule has 0 bridgehead atoms. The van der Waals surface area contributed by atoms with E-state index in [0.717, 1.165) is 4.47 Å². The third kappa shape index (κ3) is 3.93. The maximum absolute atomic E-state index is 11.8. The van der Waals surface area contributed by atoms with Crippen LogP contribution in [0.25, 0.3) is 0 Å². The van der Waals surface area contributed by atoms with Gasteiger partial charge in [-0.3, -0.25) is 10.1 Å². The first-order chi connectivity index (χ1) is 9.15. The molecule has 96 valence electrons. The highest BCUT2D eigenvalue weighted by atomic mass is 79.9.